The molecule has 3 amide bonds. The molecule has 2 rings (SSSR count). The van der Waals surface area contributed by atoms with Crippen LogP contribution in [-0.4, -0.2) is 52.3 Å². The lowest BCUT2D eigenvalue weighted by molar-refractivity contribution is -0.143. The second kappa shape index (κ2) is 12.2. The Morgan fingerprint density at radius 1 is 1.17 bits per heavy atom. The van der Waals surface area contributed by atoms with Crippen LogP contribution in [0, 0.1) is 19.8 Å². The summed E-state index contributed by atoms with van der Waals surface area (Å²) in [5.74, 6) is -0.196. The number of rotatable bonds is 10. The maximum Gasteiger partial charge on any atom is 0.408 e. The highest BCUT2D eigenvalue weighted by atomic mass is 32.1. The molecule has 0 aromatic heterocycles. The highest BCUT2D eigenvalue weighted by molar-refractivity contribution is 7.80. The number of aryl methyl sites for hydroxylation is 2. The van der Waals surface area contributed by atoms with Gasteiger partial charge in [-0.3, -0.25) is 9.59 Å². The van der Waals surface area contributed by atoms with Crippen molar-refractivity contribution in [1.82, 2.24) is 15.5 Å². The van der Waals surface area contributed by atoms with Gasteiger partial charge in [-0.05, 0) is 77.0 Å². The lowest BCUT2D eigenvalue weighted by Crippen LogP contribution is -2.55. The van der Waals surface area contributed by atoms with Gasteiger partial charge in [-0.1, -0.05) is 38.5 Å². The Balaban J connectivity index is 2.45. The van der Waals surface area contributed by atoms with Gasteiger partial charge in [0.05, 0.1) is 0 Å². The van der Waals surface area contributed by atoms with Gasteiger partial charge in [-0.15, -0.1) is 0 Å². The first-order valence-electron chi connectivity index (χ1n) is 12.6. The largest absolute Gasteiger partial charge is 0.444 e. The predicted octanol–water partition coefficient (Wildman–Crippen LogP) is 4.71. The fourth-order valence-corrected chi connectivity index (χ4v) is 4.43. The van der Waals surface area contributed by atoms with E-state index in [1.165, 1.54) is 0 Å². The molecule has 0 spiro atoms. The molecule has 5 atom stereocenters. The minimum Gasteiger partial charge on any atom is -0.444 e. The molecule has 1 fully saturated rings. The second-order valence-corrected chi connectivity index (χ2v) is 11.2. The van der Waals surface area contributed by atoms with E-state index >= 15 is 0 Å². The average molecular weight is 506 g/mol. The highest BCUT2D eigenvalue weighted by Gasteiger charge is 2.48. The summed E-state index contributed by atoms with van der Waals surface area (Å²) in [6.07, 6.45) is 1.91. The van der Waals surface area contributed by atoms with Crippen molar-refractivity contribution in [1.29, 1.82) is 0 Å². The summed E-state index contributed by atoms with van der Waals surface area (Å²) >= 11 is 4.35. The smallest absolute Gasteiger partial charge is 0.408 e. The Bertz CT molecular complexity index is 914. The maximum atomic E-state index is 13.9. The highest BCUT2D eigenvalue weighted by Crippen LogP contribution is 2.41. The first-order chi connectivity index (χ1) is 16.3. The number of carbonyl (C=O) groups is 3. The Hall–Kier alpha value is -2.22. The molecule has 1 aliphatic rings. The molecule has 0 aliphatic heterocycles. The van der Waals surface area contributed by atoms with Crippen molar-refractivity contribution in [2.75, 3.05) is 5.75 Å². The van der Waals surface area contributed by atoms with Crippen molar-refractivity contribution in [3.63, 3.8) is 0 Å². The lowest BCUT2D eigenvalue weighted by Gasteiger charge is -2.35. The molecule has 5 unspecified atom stereocenters. The predicted molar refractivity (Wildman–Crippen MR) is 143 cm³/mol. The molecule has 35 heavy (non-hydrogen) atoms. The molecule has 0 radical (unpaired) electrons. The van der Waals surface area contributed by atoms with Crippen LogP contribution in [0.2, 0.25) is 0 Å². The monoisotopic (exact) mass is 505 g/mol. The third-order valence-electron chi connectivity index (χ3n) is 6.33. The van der Waals surface area contributed by atoms with E-state index in [-0.39, 0.29) is 35.6 Å². The number of amides is 3. The number of benzene rings is 1. The van der Waals surface area contributed by atoms with Crippen LogP contribution in [0.4, 0.5) is 4.79 Å². The number of thiol groups is 1. The van der Waals surface area contributed by atoms with Gasteiger partial charge in [0.1, 0.15) is 17.7 Å². The van der Waals surface area contributed by atoms with Gasteiger partial charge < -0.3 is 20.3 Å². The van der Waals surface area contributed by atoms with Gasteiger partial charge in [0, 0.05) is 17.8 Å². The summed E-state index contributed by atoms with van der Waals surface area (Å²) < 4.78 is 5.36. The number of hydrogen-bond donors (Lipinski definition) is 3. The number of carbonyl (C=O) groups excluding carboxylic acids is 3. The van der Waals surface area contributed by atoms with E-state index in [1.54, 1.807) is 25.7 Å². The molecule has 0 heterocycles. The molecule has 1 aromatic carbocycles. The summed E-state index contributed by atoms with van der Waals surface area (Å²) in [5.41, 5.74) is 2.23. The van der Waals surface area contributed by atoms with Crippen LogP contribution in [-0.2, 0) is 14.3 Å². The van der Waals surface area contributed by atoms with Crippen LogP contribution < -0.4 is 10.6 Å². The van der Waals surface area contributed by atoms with Gasteiger partial charge in [0.2, 0.25) is 11.8 Å². The van der Waals surface area contributed by atoms with Crippen LogP contribution >= 0.6 is 12.6 Å². The normalized spacial score (nSPS) is 19.8. The second-order valence-electron chi connectivity index (χ2n) is 10.9. The van der Waals surface area contributed by atoms with Crippen molar-refractivity contribution >= 4 is 30.5 Å². The molecule has 1 aromatic rings. The topological polar surface area (TPSA) is 87.7 Å². The fraction of sp³-hybridized carbons (Fsp3) is 0.667. The molecule has 1 aliphatic carbocycles. The maximum absolute atomic E-state index is 13.9. The molecule has 196 valence electrons. The van der Waals surface area contributed by atoms with Crippen LogP contribution in [0.15, 0.2) is 18.2 Å². The molecule has 7 nitrogen and oxygen atoms in total. The Morgan fingerprint density at radius 3 is 2.29 bits per heavy atom. The number of ether oxygens (including phenoxy) is 1. The van der Waals surface area contributed by atoms with Crippen molar-refractivity contribution in [2.45, 2.75) is 104 Å². The number of hydrogen-bond acceptors (Lipinski definition) is 5. The first-order valence-corrected chi connectivity index (χ1v) is 13.2. The van der Waals surface area contributed by atoms with E-state index in [0.717, 1.165) is 36.0 Å². The zero-order chi connectivity index (χ0) is 26.5. The summed E-state index contributed by atoms with van der Waals surface area (Å²) in [6, 6.07) is 4.04. The number of alkyl carbamates (subject to hydrolysis) is 1. The van der Waals surface area contributed by atoms with E-state index in [4.69, 9.17) is 4.74 Å². The lowest BCUT2D eigenvalue weighted by atomic mass is 9.97. The van der Waals surface area contributed by atoms with Crippen molar-refractivity contribution in [2.24, 2.45) is 5.92 Å². The van der Waals surface area contributed by atoms with Gasteiger partial charge >= 0.3 is 6.09 Å². The number of nitrogens with zero attached hydrogens (tertiary/aromatic N) is 1. The summed E-state index contributed by atoms with van der Waals surface area (Å²) in [7, 11) is 0. The molecule has 2 N–H and O–H groups in total. The first kappa shape index (κ1) is 29.0. The van der Waals surface area contributed by atoms with E-state index in [2.05, 4.69) is 37.1 Å². The SMILES string of the molecule is CCCC(C)NC(=O)C(c1ccc(C)c(C)c1)N(C(=O)C(CS)NC(=O)OC(C)(C)C)C1CC1C. The summed E-state index contributed by atoms with van der Waals surface area (Å²) in [6.45, 7) is 15.4. The summed E-state index contributed by atoms with van der Waals surface area (Å²) in [4.78, 5) is 41.7. The van der Waals surface area contributed by atoms with Crippen LogP contribution in [0.3, 0.4) is 0 Å². The summed E-state index contributed by atoms with van der Waals surface area (Å²) in [5, 5.41) is 5.78. The third kappa shape index (κ3) is 8.16. The molecule has 0 saturated heterocycles. The van der Waals surface area contributed by atoms with Gasteiger partial charge in [-0.2, -0.15) is 12.6 Å². The van der Waals surface area contributed by atoms with E-state index in [9.17, 15) is 14.4 Å². The Labute approximate surface area is 216 Å². The van der Waals surface area contributed by atoms with E-state index in [0.29, 0.717) is 0 Å². The van der Waals surface area contributed by atoms with Crippen LogP contribution in [0.1, 0.15) is 83.5 Å². The fourth-order valence-electron chi connectivity index (χ4n) is 4.19. The van der Waals surface area contributed by atoms with Gasteiger partial charge in [-0.25, -0.2) is 4.79 Å². The minimum atomic E-state index is -0.920. The zero-order valence-electron chi connectivity index (χ0n) is 22.5. The molecular weight excluding hydrogens is 462 g/mol. The third-order valence-corrected chi connectivity index (χ3v) is 6.70. The van der Waals surface area contributed by atoms with Crippen LogP contribution in [0.5, 0.6) is 0 Å². The Morgan fingerprint density at radius 2 is 1.80 bits per heavy atom. The molecule has 8 heteroatoms. The van der Waals surface area contributed by atoms with E-state index < -0.39 is 23.8 Å². The van der Waals surface area contributed by atoms with Crippen molar-refractivity contribution in [3.8, 4) is 0 Å². The van der Waals surface area contributed by atoms with Crippen LogP contribution in [0.25, 0.3) is 0 Å². The van der Waals surface area contributed by atoms with Crippen molar-refractivity contribution < 1.29 is 19.1 Å². The standard InChI is InChI=1S/C27H43N3O4S/c1-9-10-19(5)28-24(31)23(20-12-11-16(2)17(3)13-20)30(22-14-18(22)4)25(32)21(15-35)29-26(33)34-27(6,7)8/h11-13,18-19,21-23,35H,9-10,14-15H2,1-8H3,(H,28,31)(H,29,33). The number of nitrogens with one attached hydrogen (secondary N) is 2. The zero-order valence-corrected chi connectivity index (χ0v) is 23.4. The van der Waals surface area contributed by atoms with Gasteiger partial charge in [0.15, 0.2) is 0 Å². The molecular formula is C27H43N3O4S. The Kier molecular flexibility index (Phi) is 10.1. The average Bonchev–Trinajstić information content (AvgIpc) is 3.46. The minimum absolute atomic E-state index is 0.0179. The molecule has 0 bridgehead atoms. The van der Waals surface area contributed by atoms with Crippen molar-refractivity contribution in [3.05, 3.63) is 34.9 Å². The van der Waals surface area contributed by atoms with E-state index in [1.807, 2.05) is 39.0 Å². The quantitative estimate of drug-likeness (QED) is 0.402. The van der Waals surface area contributed by atoms with Gasteiger partial charge in [0.25, 0.3) is 0 Å². The molecule has 1 saturated carbocycles.